The molecule has 0 aliphatic carbocycles. The van der Waals surface area contributed by atoms with Gasteiger partial charge in [0.2, 0.25) is 0 Å². The Hall–Kier alpha value is -2.49. The van der Waals surface area contributed by atoms with Gasteiger partial charge in [0, 0.05) is 38.6 Å². The Morgan fingerprint density at radius 1 is 0.410 bits per heavy atom. The number of hydrogen-bond donors (Lipinski definition) is 0. The van der Waals surface area contributed by atoms with E-state index in [1.165, 1.54) is 16.7 Å². The summed E-state index contributed by atoms with van der Waals surface area (Å²) >= 11 is 0. The molecule has 0 atom stereocenters. The molecule has 0 unspecified atom stereocenters. The van der Waals surface area contributed by atoms with Gasteiger partial charge in [0.15, 0.2) is 0 Å². The minimum absolute atomic E-state index is 0. The Balaban J connectivity index is 0.000000282. The van der Waals surface area contributed by atoms with Gasteiger partial charge < -0.3 is 28.7 Å². The maximum atomic E-state index is 3.86. The number of imidazole rings is 3. The molecule has 9 heteroatoms. The summed E-state index contributed by atoms with van der Waals surface area (Å²) in [5.74, 6) is 0. The van der Waals surface area contributed by atoms with Gasteiger partial charge in [0.25, 0.3) is 0 Å². The zero-order valence-electron chi connectivity index (χ0n) is 20.8. The number of nitrogens with zero attached hydrogens (tertiary/aromatic N) is 6. The molecule has 0 N–H and O–H groups in total. The van der Waals surface area contributed by atoms with Crippen LogP contribution >= 0.6 is 0 Å². The third kappa shape index (κ3) is 13.4. The van der Waals surface area contributed by atoms with Crippen molar-refractivity contribution < 1.29 is 67.1 Å². The van der Waals surface area contributed by atoms with Gasteiger partial charge in [0.05, 0.1) is 0 Å². The van der Waals surface area contributed by atoms with Crippen LogP contribution < -0.4 is 0 Å². The summed E-state index contributed by atoms with van der Waals surface area (Å²) in [4.78, 5) is 11.6. The molecule has 0 saturated heterocycles. The first-order valence-electron chi connectivity index (χ1n) is 11.6. The molecular formula is C30H27Au3N6. The monoisotopic (exact) mass is 1060 g/mol. The quantitative estimate of drug-likeness (QED) is 0.171. The number of aromatic nitrogens is 6. The molecule has 0 fully saturated rings. The van der Waals surface area contributed by atoms with Gasteiger partial charge in [-0.2, -0.15) is 0 Å². The number of rotatable bonds is 6. The third-order valence-electron chi connectivity index (χ3n) is 5.11. The van der Waals surface area contributed by atoms with Crippen molar-refractivity contribution in [2.45, 2.75) is 19.6 Å². The summed E-state index contributed by atoms with van der Waals surface area (Å²) in [6.07, 6.45) is 19.5. The number of hydrogen-bond acceptors (Lipinski definition) is 3. The van der Waals surface area contributed by atoms with Crippen LogP contribution in [0.3, 0.4) is 0 Å². The standard InChI is InChI=1S/3C10H9N2.3Au/c3*1-2-4-10(5-3-1)8-12-7-6-11-9-12;;;/h3*1-7H,8H2;;;/q3*-1;3*+1. The third-order valence-corrected chi connectivity index (χ3v) is 5.11. The van der Waals surface area contributed by atoms with Crippen LogP contribution in [0, 0.1) is 19.0 Å². The van der Waals surface area contributed by atoms with E-state index in [9.17, 15) is 0 Å². The van der Waals surface area contributed by atoms with Crippen molar-refractivity contribution in [1.82, 2.24) is 28.7 Å². The first-order chi connectivity index (χ1) is 17.8. The van der Waals surface area contributed by atoms with E-state index in [2.05, 4.69) is 70.3 Å². The van der Waals surface area contributed by atoms with Crippen molar-refractivity contribution >= 4 is 0 Å². The van der Waals surface area contributed by atoms with Crippen molar-refractivity contribution in [2.75, 3.05) is 0 Å². The first-order valence-corrected chi connectivity index (χ1v) is 11.6. The van der Waals surface area contributed by atoms with Crippen molar-refractivity contribution in [1.29, 1.82) is 0 Å². The molecular weight excluding hydrogens is 1040 g/mol. The van der Waals surface area contributed by atoms with Crippen LogP contribution in [0.15, 0.2) is 128 Å². The van der Waals surface area contributed by atoms with Gasteiger partial charge >= 0.3 is 67.1 Å². The second-order valence-corrected chi connectivity index (χ2v) is 7.92. The Kier molecular flexibility index (Phi) is 18.1. The van der Waals surface area contributed by atoms with Crippen LogP contribution in [0.2, 0.25) is 0 Å². The summed E-state index contributed by atoms with van der Waals surface area (Å²) in [5, 5.41) is 0. The molecule has 6 nitrogen and oxygen atoms in total. The molecule has 6 rings (SSSR count). The van der Waals surface area contributed by atoms with Gasteiger partial charge in [-0.3, -0.25) is 0 Å². The van der Waals surface area contributed by atoms with Crippen molar-refractivity contribution in [3.8, 4) is 0 Å². The average molecular weight is 1060 g/mol. The van der Waals surface area contributed by atoms with Crippen molar-refractivity contribution in [3.05, 3.63) is 164 Å². The van der Waals surface area contributed by atoms with Crippen molar-refractivity contribution in [2.24, 2.45) is 0 Å². The van der Waals surface area contributed by atoms with E-state index in [0.717, 1.165) is 19.6 Å². The van der Waals surface area contributed by atoms with Crippen LogP contribution in [0.25, 0.3) is 0 Å². The fourth-order valence-electron chi connectivity index (χ4n) is 3.37. The molecule has 210 valence electrons. The van der Waals surface area contributed by atoms with E-state index in [0.29, 0.717) is 0 Å². The fraction of sp³-hybridized carbons (Fsp3) is 0.100. The van der Waals surface area contributed by atoms with E-state index in [4.69, 9.17) is 0 Å². The summed E-state index contributed by atoms with van der Waals surface area (Å²) in [5.41, 5.74) is 3.81. The Morgan fingerprint density at radius 3 is 0.872 bits per heavy atom. The van der Waals surface area contributed by atoms with E-state index in [-0.39, 0.29) is 67.1 Å². The van der Waals surface area contributed by atoms with Crippen LogP contribution in [0.5, 0.6) is 0 Å². The van der Waals surface area contributed by atoms with Crippen LogP contribution in [-0.4, -0.2) is 28.7 Å². The molecule has 0 bridgehead atoms. The summed E-state index contributed by atoms with van der Waals surface area (Å²) in [6, 6.07) is 30.8. The zero-order chi connectivity index (χ0) is 24.7. The normalized spacial score (nSPS) is 9.23. The Labute approximate surface area is 277 Å². The molecule has 0 aliphatic rings. The maximum absolute atomic E-state index is 3.86. The average Bonchev–Trinajstić information content (AvgIpc) is 3.72. The first kappa shape index (κ1) is 34.5. The van der Waals surface area contributed by atoms with Crippen molar-refractivity contribution in [3.63, 3.8) is 0 Å². The minimum atomic E-state index is 0. The Morgan fingerprint density at radius 2 is 0.667 bits per heavy atom. The van der Waals surface area contributed by atoms with E-state index in [1.54, 1.807) is 18.6 Å². The molecule has 3 heterocycles. The van der Waals surface area contributed by atoms with Gasteiger partial charge in [-0.05, 0) is 16.7 Å². The van der Waals surface area contributed by atoms with Gasteiger partial charge in [-0.1, -0.05) is 91.0 Å². The second kappa shape index (κ2) is 20.4. The minimum Gasteiger partial charge on any atom is -0.450 e. The van der Waals surface area contributed by atoms with Gasteiger partial charge in [-0.15, -0.1) is 37.2 Å². The molecule has 6 aromatic rings. The molecule has 3 aromatic carbocycles. The Bertz CT molecular complexity index is 1160. The molecule has 3 aromatic heterocycles. The molecule has 0 saturated carbocycles. The molecule has 0 aliphatic heterocycles. The summed E-state index contributed by atoms with van der Waals surface area (Å²) in [6.45, 7) is 2.54. The molecule has 0 spiro atoms. The largest absolute Gasteiger partial charge is 1.00 e. The van der Waals surface area contributed by atoms with E-state index in [1.807, 2.05) is 86.9 Å². The molecule has 0 amide bonds. The van der Waals surface area contributed by atoms with Crippen LogP contribution in [-0.2, 0) is 86.8 Å². The fourth-order valence-corrected chi connectivity index (χ4v) is 3.37. The maximum Gasteiger partial charge on any atom is 1.00 e. The summed E-state index contributed by atoms with van der Waals surface area (Å²) in [7, 11) is 0. The number of benzene rings is 3. The van der Waals surface area contributed by atoms with Crippen LogP contribution in [0.4, 0.5) is 0 Å². The van der Waals surface area contributed by atoms with E-state index < -0.39 is 0 Å². The topological polar surface area (TPSA) is 53.5 Å². The van der Waals surface area contributed by atoms with Gasteiger partial charge in [-0.25, -0.2) is 0 Å². The predicted molar refractivity (Wildman–Crippen MR) is 140 cm³/mol. The van der Waals surface area contributed by atoms with Crippen LogP contribution in [0.1, 0.15) is 16.7 Å². The molecule has 39 heavy (non-hydrogen) atoms. The molecule has 0 radical (unpaired) electrons. The van der Waals surface area contributed by atoms with E-state index >= 15 is 0 Å². The van der Waals surface area contributed by atoms with Gasteiger partial charge in [0.1, 0.15) is 0 Å². The second-order valence-electron chi connectivity index (χ2n) is 7.92. The summed E-state index contributed by atoms with van der Waals surface area (Å²) < 4.78 is 5.78. The SMILES string of the molecule is [Au+].[Au+].[Au+].[c-]1nccn1Cc1ccccc1.[c-]1nccn1Cc1ccccc1.[c-]1nccn1Cc1ccccc1. The predicted octanol–water partition coefficient (Wildman–Crippen LogP) is 5.19. The zero-order valence-corrected chi connectivity index (χ0v) is 27.3. The smallest absolute Gasteiger partial charge is 0.450 e.